The fraction of sp³-hybridized carbons (Fsp3) is 0.353. The Bertz CT molecular complexity index is 615. The lowest BCUT2D eigenvalue weighted by Crippen LogP contribution is -2.49. The summed E-state index contributed by atoms with van der Waals surface area (Å²) >= 11 is 1.45. The Morgan fingerprint density at radius 2 is 1.90 bits per heavy atom. The van der Waals surface area contributed by atoms with Gasteiger partial charge in [-0.1, -0.05) is 43.2 Å². The van der Waals surface area contributed by atoms with Gasteiger partial charge in [-0.15, -0.1) is 11.3 Å². The molecule has 0 spiro atoms. The standard InChI is InChI=1S/C17H19NO2S/c19-12-17(9-4-5-10-17)18-16(20)15-14(8-11-21-15)13-6-2-1-3-7-13/h1-3,6-8,11,19H,4-5,9-10,12H2,(H,18,20). The summed E-state index contributed by atoms with van der Waals surface area (Å²) in [5.74, 6) is -0.0696. The van der Waals surface area contributed by atoms with E-state index in [0.29, 0.717) is 0 Å². The second-order valence-electron chi connectivity index (χ2n) is 5.63. The molecule has 3 rings (SSSR count). The van der Waals surface area contributed by atoms with Gasteiger partial charge in [-0.2, -0.15) is 0 Å². The number of hydrogen-bond acceptors (Lipinski definition) is 3. The lowest BCUT2D eigenvalue weighted by molar-refractivity contribution is 0.0843. The lowest BCUT2D eigenvalue weighted by atomic mass is 9.98. The highest BCUT2D eigenvalue weighted by Crippen LogP contribution is 2.32. The third-order valence-corrected chi connectivity index (χ3v) is 5.11. The number of hydrogen-bond donors (Lipinski definition) is 2. The summed E-state index contributed by atoms with van der Waals surface area (Å²) in [4.78, 5) is 13.3. The predicted octanol–water partition coefficient (Wildman–Crippen LogP) is 3.45. The van der Waals surface area contributed by atoms with Crippen LogP contribution in [-0.2, 0) is 0 Å². The van der Waals surface area contributed by atoms with Crippen LogP contribution >= 0.6 is 11.3 Å². The lowest BCUT2D eigenvalue weighted by Gasteiger charge is -2.27. The molecule has 0 atom stereocenters. The van der Waals surface area contributed by atoms with Crippen LogP contribution < -0.4 is 5.32 Å². The van der Waals surface area contributed by atoms with E-state index in [1.54, 1.807) is 0 Å². The number of rotatable bonds is 4. The fourth-order valence-corrected chi connectivity index (χ4v) is 3.81. The van der Waals surface area contributed by atoms with Gasteiger partial charge in [0.2, 0.25) is 0 Å². The van der Waals surface area contributed by atoms with Gasteiger partial charge < -0.3 is 10.4 Å². The molecular formula is C17H19NO2S. The van der Waals surface area contributed by atoms with Crippen LogP contribution in [0.5, 0.6) is 0 Å². The second kappa shape index (κ2) is 6.00. The van der Waals surface area contributed by atoms with Crippen LogP contribution in [0.15, 0.2) is 41.8 Å². The van der Waals surface area contributed by atoms with Gasteiger partial charge in [0.25, 0.3) is 5.91 Å². The first-order chi connectivity index (χ1) is 10.2. The molecule has 2 N–H and O–H groups in total. The normalized spacial score (nSPS) is 16.8. The highest BCUT2D eigenvalue weighted by Gasteiger charge is 2.35. The summed E-state index contributed by atoms with van der Waals surface area (Å²) in [5.41, 5.74) is 1.59. The minimum atomic E-state index is -0.422. The molecule has 0 unspecified atom stereocenters. The molecule has 1 heterocycles. The molecule has 4 heteroatoms. The number of benzene rings is 1. The van der Waals surface area contributed by atoms with Gasteiger partial charge in [0.05, 0.1) is 17.0 Å². The molecule has 0 saturated heterocycles. The summed E-state index contributed by atoms with van der Waals surface area (Å²) in [6.07, 6.45) is 3.86. The highest BCUT2D eigenvalue weighted by atomic mass is 32.1. The number of amides is 1. The van der Waals surface area contributed by atoms with Crippen LogP contribution in [0.1, 0.15) is 35.4 Å². The summed E-state index contributed by atoms with van der Waals surface area (Å²) in [5, 5.41) is 14.7. The van der Waals surface area contributed by atoms with Gasteiger partial charge in [0, 0.05) is 5.56 Å². The highest BCUT2D eigenvalue weighted by molar-refractivity contribution is 7.12. The molecule has 110 valence electrons. The molecule has 1 aliphatic rings. The first-order valence-electron chi connectivity index (χ1n) is 7.30. The van der Waals surface area contributed by atoms with Crippen molar-refractivity contribution >= 4 is 17.2 Å². The molecule has 1 aromatic heterocycles. The zero-order chi connectivity index (χ0) is 14.7. The molecule has 0 radical (unpaired) electrons. The monoisotopic (exact) mass is 301 g/mol. The van der Waals surface area contributed by atoms with Crippen molar-refractivity contribution < 1.29 is 9.90 Å². The number of thiophene rings is 1. The molecule has 1 saturated carbocycles. The van der Waals surface area contributed by atoms with Gasteiger partial charge >= 0.3 is 0 Å². The maximum atomic E-state index is 12.6. The van der Waals surface area contributed by atoms with Crippen molar-refractivity contribution in [2.45, 2.75) is 31.2 Å². The number of aliphatic hydroxyl groups excluding tert-OH is 1. The molecule has 3 nitrogen and oxygen atoms in total. The van der Waals surface area contributed by atoms with Crippen molar-refractivity contribution in [3.05, 3.63) is 46.7 Å². The molecule has 1 amide bonds. The Balaban J connectivity index is 1.85. The van der Waals surface area contributed by atoms with Crippen LogP contribution in [0.2, 0.25) is 0 Å². The molecule has 0 bridgehead atoms. The first-order valence-corrected chi connectivity index (χ1v) is 8.18. The van der Waals surface area contributed by atoms with E-state index < -0.39 is 5.54 Å². The summed E-state index contributed by atoms with van der Waals surface area (Å²) < 4.78 is 0. The maximum absolute atomic E-state index is 12.6. The van der Waals surface area contributed by atoms with Crippen molar-refractivity contribution in [1.29, 1.82) is 0 Å². The van der Waals surface area contributed by atoms with Crippen molar-refractivity contribution in [1.82, 2.24) is 5.32 Å². The van der Waals surface area contributed by atoms with Crippen molar-refractivity contribution in [2.75, 3.05) is 6.61 Å². The van der Waals surface area contributed by atoms with Crippen LogP contribution in [0.3, 0.4) is 0 Å². The predicted molar refractivity (Wildman–Crippen MR) is 85.5 cm³/mol. The van der Waals surface area contributed by atoms with Crippen molar-refractivity contribution in [2.24, 2.45) is 0 Å². The van der Waals surface area contributed by atoms with Gasteiger partial charge in [-0.05, 0) is 29.9 Å². The first kappa shape index (κ1) is 14.3. The quantitative estimate of drug-likeness (QED) is 0.908. The Hall–Kier alpha value is -1.65. The smallest absolute Gasteiger partial charge is 0.262 e. The molecular weight excluding hydrogens is 282 g/mol. The zero-order valence-corrected chi connectivity index (χ0v) is 12.7. The van der Waals surface area contributed by atoms with E-state index in [1.165, 1.54) is 11.3 Å². The zero-order valence-electron chi connectivity index (χ0n) is 11.8. The second-order valence-corrected chi connectivity index (χ2v) is 6.55. The van der Waals surface area contributed by atoms with Gasteiger partial charge in [0.1, 0.15) is 0 Å². The molecule has 1 aliphatic carbocycles. The molecule has 0 aliphatic heterocycles. The maximum Gasteiger partial charge on any atom is 0.262 e. The Morgan fingerprint density at radius 3 is 2.57 bits per heavy atom. The molecule has 21 heavy (non-hydrogen) atoms. The molecule has 2 aromatic rings. The van der Waals surface area contributed by atoms with E-state index in [-0.39, 0.29) is 12.5 Å². The largest absolute Gasteiger partial charge is 0.394 e. The van der Waals surface area contributed by atoms with Crippen molar-refractivity contribution in [3.63, 3.8) is 0 Å². The molecule has 1 aromatic carbocycles. The Morgan fingerprint density at radius 1 is 1.19 bits per heavy atom. The number of carbonyl (C=O) groups is 1. The van der Waals surface area contributed by atoms with Crippen LogP contribution in [0, 0.1) is 0 Å². The minimum Gasteiger partial charge on any atom is -0.394 e. The number of nitrogens with one attached hydrogen (secondary N) is 1. The van der Waals surface area contributed by atoms with Crippen molar-refractivity contribution in [3.8, 4) is 11.1 Å². The topological polar surface area (TPSA) is 49.3 Å². The summed E-state index contributed by atoms with van der Waals surface area (Å²) in [6, 6.07) is 11.9. The van der Waals surface area contributed by atoms with Crippen LogP contribution in [0.4, 0.5) is 0 Å². The van der Waals surface area contributed by atoms with E-state index in [0.717, 1.165) is 41.7 Å². The van der Waals surface area contributed by atoms with E-state index in [1.807, 2.05) is 41.8 Å². The Kier molecular flexibility index (Phi) is 4.08. The van der Waals surface area contributed by atoms with Crippen LogP contribution in [-0.4, -0.2) is 23.2 Å². The van der Waals surface area contributed by atoms with Gasteiger partial charge in [0.15, 0.2) is 0 Å². The van der Waals surface area contributed by atoms with Gasteiger partial charge in [-0.3, -0.25) is 4.79 Å². The van der Waals surface area contributed by atoms with E-state index in [4.69, 9.17) is 0 Å². The fourth-order valence-electron chi connectivity index (χ4n) is 3.00. The number of carbonyl (C=O) groups excluding carboxylic acids is 1. The van der Waals surface area contributed by atoms with E-state index in [2.05, 4.69) is 5.32 Å². The van der Waals surface area contributed by atoms with Crippen LogP contribution in [0.25, 0.3) is 11.1 Å². The number of aliphatic hydroxyl groups is 1. The third kappa shape index (κ3) is 2.87. The summed E-state index contributed by atoms with van der Waals surface area (Å²) in [7, 11) is 0. The van der Waals surface area contributed by atoms with Gasteiger partial charge in [-0.25, -0.2) is 0 Å². The van der Waals surface area contributed by atoms with E-state index >= 15 is 0 Å². The third-order valence-electron chi connectivity index (χ3n) is 4.20. The minimum absolute atomic E-state index is 0.0186. The molecule has 1 fully saturated rings. The SMILES string of the molecule is O=C(NC1(CO)CCCC1)c1sccc1-c1ccccc1. The summed E-state index contributed by atoms with van der Waals surface area (Å²) in [6.45, 7) is 0.0186. The average Bonchev–Trinajstić information content (AvgIpc) is 3.17. The van der Waals surface area contributed by atoms with E-state index in [9.17, 15) is 9.90 Å². The average molecular weight is 301 g/mol. The Labute approximate surface area is 128 Å².